The van der Waals surface area contributed by atoms with Crippen molar-refractivity contribution in [3.63, 3.8) is 0 Å². The van der Waals surface area contributed by atoms with E-state index in [9.17, 15) is 13.2 Å². The molecular formula is C11H14O5S. The third kappa shape index (κ3) is 5.46. The van der Waals surface area contributed by atoms with E-state index in [4.69, 9.17) is 0 Å². The molecule has 0 atom stereocenters. The van der Waals surface area contributed by atoms with E-state index < -0.39 is 22.7 Å². The standard InChI is InChI=1S/C11H14O5S/c1-2-15-11(12)8-16-17(13,14)9-10-6-4-3-5-7-10/h3-7H,2,8-9H2,1H3. The van der Waals surface area contributed by atoms with Crippen LogP contribution in [0.25, 0.3) is 0 Å². The third-order valence-electron chi connectivity index (χ3n) is 1.85. The van der Waals surface area contributed by atoms with E-state index in [2.05, 4.69) is 8.92 Å². The Balaban J connectivity index is 2.50. The summed E-state index contributed by atoms with van der Waals surface area (Å²) >= 11 is 0. The molecule has 0 heterocycles. The Morgan fingerprint density at radius 1 is 1.24 bits per heavy atom. The molecule has 0 aliphatic heterocycles. The maximum atomic E-state index is 11.5. The quantitative estimate of drug-likeness (QED) is 0.564. The van der Waals surface area contributed by atoms with E-state index in [1.807, 2.05) is 0 Å². The lowest BCUT2D eigenvalue weighted by Gasteiger charge is -2.05. The zero-order chi connectivity index (χ0) is 12.7. The van der Waals surface area contributed by atoms with E-state index >= 15 is 0 Å². The second-order valence-electron chi connectivity index (χ2n) is 3.25. The fraction of sp³-hybridized carbons (Fsp3) is 0.364. The molecule has 0 saturated carbocycles. The Hall–Kier alpha value is -1.40. The first-order valence-corrected chi connectivity index (χ1v) is 6.68. The first-order valence-electron chi connectivity index (χ1n) is 5.10. The molecule has 17 heavy (non-hydrogen) atoms. The maximum absolute atomic E-state index is 11.5. The first kappa shape index (κ1) is 13.7. The molecule has 94 valence electrons. The molecule has 0 aliphatic rings. The normalized spacial score (nSPS) is 11.1. The summed E-state index contributed by atoms with van der Waals surface area (Å²) in [7, 11) is -3.75. The van der Waals surface area contributed by atoms with E-state index in [1.54, 1.807) is 37.3 Å². The summed E-state index contributed by atoms with van der Waals surface area (Å²) in [6, 6.07) is 8.60. The molecule has 0 radical (unpaired) electrons. The summed E-state index contributed by atoms with van der Waals surface area (Å²) in [5, 5.41) is 0. The molecule has 0 saturated heterocycles. The van der Waals surface area contributed by atoms with Crippen LogP contribution in [0, 0.1) is 0 Å². The molecule has 0 aromatic heterocycles. The third-order valence-corrected chi connectivity index (χ3v) is 3.01. The van der Waals surface area contributed by atoms with Gasteiger partial charge in [0.05, 0.1) is 6.61 Å². The summed E-state index contributed by atoms with van der Waals surface area (Å²) in [6.45, 7) is 1.25. The highest BCUT2D eigenvalue weighted by Crippen LogP contribution is 2.07. The summed E-state index contributed by atoms with van der Waals surface area (Å²) < 4.78 is 32.1. The molecule has 0 unspecified atom stereocenters. The second-order valence-corrected chi connectivity index (χ2v) is 4.89. The van der Waals surface area contributed by atoms with Gasteiger partial charge in [-0.25, -0.2) is 4.79 Å². The van der Waals surface area contributed by atoms with Crippen LogP contribution >= 0.6 is 0 Å². The molecule has 0 N–H and O–H groups in total. The van der Waals surface area contributed by atoms with Gasteiger partial charge >= 0.3 is 5.97 Å². The summed E-state index contributed by atoms with van der Waals surface area (Å²) in [6.07, 6.45) is 0. The van der Waals surface area contributed by atoms with Crippen molar-refractivity contribution in [1.82, 2.24) is 0 Å². The average Bonchev–Trinajstić information content (AvgIpc) is 2.28. The molecule has 6 heteroatoms. The molecule has 1 aromatic rings. The summed E-state index contributed by atoms with van der Waals surface area (Å²) in [5.41, 5.74) is 0.608. The number of ether oxygens (including phenoxy) is 1. The van der Waals surface area contributed by atoms with Gasteiger partial charge in [0.1, 0.15) is 5.75 Å². The largest absolute Gasteiger partial charge is 0.464 e. The second kappa shape index (κ2) is 6.36. The van der Waals surface area contributed by atoms with Crippen molar-refractivity contribution in [3.8, 4) is 0 Å². The van der Waals surface area contributed by atoms with Crippen molar-refractivity contribution in [2.75, 3.05) is 13.2 Å². The number of hydrogen-bond acceptors (Lipinski definition) is 5. The summed E-state index contributed by atoms with van der Waals surface area (Å²) in [4.78, 5) is 10.9. The minimum atomic E-state index is -3.75. The fourth-order valence-corrected chi connectivity index (χ4v) is 2.12. The van der Waals surface area contributed by atoms with Crippen LogP contribution in [-0.4, -0.2) is 27.6 Å². The van der Waals surface area contributed by atoms with E-state index in [0.29, 0.717) is 5.56 Å². The minimum absolute atomic E-state index is 0.195. The van der Waals surface area contributed by atoms with Crippen molar-refractivity contribution in [2.24, 2.45) is 0 Å². The van der Waals surface area contributed by atoms with Crippen molar-refractivity contribution in [1.29, 1.82) is 0 Å². The Morgan fingerprint density at radius 3 is 2.47 bits per heavy atom. The van der Waals surface area contributed by atoms with Gasteiger partial charge in [-0.3, -0.25) is 4.18 Å². The Bertz CT molecular complexity index is 452. The lowest BCUT2D eigenvalue weighted by atomic mass is 10.2. The van der Waals surface area contributed by atoms with Crippen molar-refractivity contribution < 1.29 is 22.1 Å². The number of benzene rings is 1. The molecule has 5 nitrogen and oxygen atoms in total. The molecule has 1 rings (SSSR count). The number of esters is 1. The zero-order valence-corrected chi connectivity index (χ0v) is 10.3. The van der Waals surface area contributed by atoms with E-state index in [1.165, 1.54) is 0 Å². The molecule has 0 spiro atoms. The number of carbonyl (C=O) groups excluding carboxylic acids is 1. The van der Waals surface area contributed by atoms with Gasteiger partial charge in [0.2, 0.25) is 0 Å². The fourth-order valence-electron chi connectivity index (χ4n) is 1.16. The first-order chi connectivity index (χ1) is 8.03. The highest BCUT2D eigenvalue weighted by molar-refractivity contribution is 7.85. The topological polar surface area (TPSA) is 69.7 Å². The van der Waals surface area contributed by atoms with Gasteiger partial charge in [0, 0.05) is 0 Å². The molecular weight excluding hydrogens is 244 g/mol. The molecule has 0 amide bonds. The number of carbonyl (C=O) groups is 1. The van der Waals surface area contributed by atoms with Crippen LogP contribution in [0.2, 0.25) is 0 Å². The Labute approximate surface area is 100 Å². The maximum Gasteiger partial charge on any atom is 0.333 e. The monoisotopic (exact) mass is 258 g/mol. The van der Waals surface area contributed by atoms with Gasteiger partial charge in [-0.05, 0) is 12.5 Å². The smallest absolute Gasteiger partial charge is 0.333 e. The van der Waals surface area contributed by atoms with Gasteiger partial charge in [0.25, 0.3) is 10.1 Å². The van der Waals surface area contributed by atoms with Crippen LogP contribution in [0.4, 0.5) is 0 Å². The minimum Gasteiger partial charge on any atom is -0.464 e. The SMILES string of the molecule is CCOC(=O)COS(=O)(=O)Cc1ccccc1. The average molecular weight is 258 g/mol. The highest BCUT2D eigenvalue weighted by Gasteiger charge is 2.15. The Kier molecular flexibility index (Phi) is 5.11. The van der Waals surface area contributed by atoms with Crippen molar-refractivity contribution in [2.45, 2.75) is 12.7 Å². The van der Waals surface area contributed by atoms with Crippen LogP contribution in [0.5, 0.6) is 0 Å². The molecule has 0 bridgehead atoms. The van der Waals surface area contributed by atoms with Crippen molar-refractivity contribution in [3.05, 3.63) is 35.9 Å². The highest BCUT2D eigenvalue weighted by atomic mass is 32.2. The Morgan fingerprint density at radius 2 is 1.88 bits per heavy atom. The van der Waals surface area contributed by atoms with Gasteiger partial charge in [0.15, 0.2) is 6.61 Å². The lowest BCUT2D eigenvalue weighted by Crippen LogP contribution is -2.17. The zero-order valence-electron chi connectivity index (χ0n) is 9.46. The van der Waals surface area contributed by atoms with Crippen LogP contribution in [0.15, 0.2) is 30.3 Å². The van der Waals surface area contributed by atoms with Crippen LogP contribution < -0.4 is 0 Å². The van der Waals surface area contributed by atoms with Gasteiger partial charge in [-0.2, -0.15) is 8.42 Å². The van der Waals surface area contributed by atoms with E-state index in [-0.39, 0.29) is 12.4 Å². The molecule has 1 aromatic carbocycles. The number of rotatable bonds is 6. The van der Waals surface area contributed by atoms with Crippen LogP contribution in [0.3, 0.4) is 0 Å². The van der Waals surface area contributed by atoms with Crippen LogP contribution in [0.1, 0.15) is 12.5 Å². The predicted molar refractivity (Wildman–Crippen MR) is 61.7 cm³/mol. The van der Waals surface area contributed by atoms with Gasteiger partial charge < -0.3 is 4.74 Å². The van der Waals surface area contributed by atoms with Gasteiger partial charge in [-0.1, -0.05) is 30.3 Å². The molecule has 0 aliphatic carbocycles. The summed E-state index contributed by atoms with van der Waals surface area (Å²) in [5.74, 6) is -0.947. The van der Waals surface area contributed by atoms with Gasteiger partial charge in [-0.15, -0.1) is 0 Å². The predicted octanol–water partition coefficient (Wildman–Crippen LogP) is 1.10. The lowest BCUT2D eigenvalue weighted by molar-refractivity contribution is -0.145. The number of hydrogen-bond donors (Lipinski definition) is 0. The van der Waals surface area contributed by atoms with Crippen LogP contribution in [-0.2, 0) is 29.6 Å². The van der Waals surface area contributed by atoms with Crippen molar-refractivity contribution >= 4 is 16.1 Å². The molecule has 0 fully saturated rings. The van der Waals surface area contributed by atoms with E-state index in [0.717, 1.165) is 0 Å².